The van der Waals surface area contributed by atoms with Crippen molar-refractivity contribution in [3.05, 3.63) is 11.6 Å². The second-order valence-corrected chi connectivity index (χ2v) is 5.13. The van der Waals surface area contributed by atoms with E-state index in [0.717, 1.165) is 18.4 Å². The highest BCUT2D eigenvalue weighted by atomic mass is 16.5. The van der Waals surface area contributed by atoms with Crippen molar-refractivity contribution in [1.82, 2.24) is 10.2 Å². The number of ether oxygens (including phenoxy) is 1. The second kappa shape index (κ2) is 5.52. The Labute approximate surface area is 107 Å². The van der Waals surface area contributed by atoms with Crippen LogP contribution in [0.25, 0.3) is 0 Å². The third kappa shape index (κ3) is 3.32. The molecule has 1 aliphatic carbocycles. The molecule has 1 saturated heterocycles. The topological polar surface area (TPSA) is 58.6 Å². The van der Waals surface area contributed by atoms with E-state index in [4.69, 9.17) is 4.74 Å². The SMILES string of the molecule is CC(C)=CC(=O)N1CCOCC1C(=O)NC1CC1. The van der Waals surface area contributed by atoms with Crippen LogP contribution in [-0.4, -0.2) is 48.6 Å². The zero-order valence-corrected chi connectivity index (χ0v) is 10.9. The summed E-state index contributed by atoms with van der Waals surface area (Å²) in [6.07, 6.45) is 3.66. The van der Waals surface area contributed by atoms with Gasteiger partial charge < -0.3 is 15.0 Å². The third-order valence-corrected chi connectivity index (χ3v) is 3.05. The number of rotatable bonds is 3. The van der Waals surface area contributed by atoms with Gasteiger partial charge in [0, 0.05) is 18.7 Å². The van der Waals surface area contributed by atoms with Gasteiger partial charge in [-0.1, -0.05) is 5.57 Å². The molecule has 1 aliphatic heterocycles. The van der Waals surface area contributed by atoms with E-state index in [1.54, 1.807) is 11.0 Å². The van der Waals surface area contributed by atoms with E-state index in [1.807, 2.05) is 13.8 Å². The van der Waals surface area contributed by atoms with Gasteiger partial charge in [-0.05, 0) is 26.7 Å². The molecule has 2 amide bonds. The average Bonchev–Trinajstić information content (AvgIpc) is 3.12. The molecule has 18 heavy (non-hydrogen) atoms. The van der Waals surface area contributed by atoms with E-state index in [2.05, 4.69) is 5.32 Å². The van der Waals surface area contributed by atoms with Crippen LogP contribution >= 0.6 is 0 Å². The highest BCUT2D eigenvalue weighted by molar-refractivity contribution is 5.93. The predicted molar refractivity (Wildman–Crippen MR) is 66.9 cm³/mol. The number of allylic oxidation sites excluding steroid dienone is 1. The largest absolute Gasteiger partial charge is 0.377 e. The van der Waals surface area contributed by atoms with Gasteiger partial charge in [-0.15, -0.1) is 0 Å². The molecule has 5 heteroatoms. The van der Waals surface area contributed by atoms with Crippen molar-refractivity contribution < 1.29 is 14.3 Å². The van der Waals surface area contributed by atoms with Gasteiger partial charge in [0.2, 0.25) is 11.8 Å². The number of amides is 2. The van der Waals surface area contributed by atoms with Crippen molar-refractivity contribution in [1.29, 1.82) is 0 Å². The van der Waals surface area contributed by atoms with Crippen molar-refractivity contribution in [3.63, 3.8) is 0 Å². The molecular formula is C13H20N2O3. The Morgan fingerprint density at radius 2 is 2.06 bits per heavy atom. The van der Waals surface area contributed by atoms with E-state index in [1.165, 1.54) is 0 Å². The summed E-state index contributed by atoms with van der Waals surface area (Å²) in [4.78, 5) is 25.7. The minimum atomic E-state index is -0.484. The van der Waals surface area contributed by atoms with Crippen LogP contribution in [0.1, 0.15) is 26.7 Å². The first kappa shape index (κ1) is 13.1. The maximum Gasteiger partial charge on any atom is 0.247 e. The number of carbonyl (C=O) groups excluding carboxylic acids is 2. The monoisotopic (exact) mass is 252 g/mol. The Morgan fingerprint density at radius 3 is 2.67 bits per heavy atom. The first-order valence-corrected chi connectivity index (χ1v) is 6.41. The minimum Gasteiger partial charge on any atom is -0.377 e. The molecule has 2 aliphatic rings. The zero-order valence-electron chi connectivity index (χ0n) is 10.9. The molecule has 2 fully saturated rings. The van der Waals surface area contributed by atoms with Crippen LogP contribution in [0.2, 0.25) is 0 Å². The predicted octanol–water partition coefficient (Wildman–Crippen LogP) is 0.459. The molecule has 1 saturated carbocycles. The van der Waals surface area contributed by atoms with Crippen LogP contribution in [-0.2, 0) is 14.3 Å². The standard InChI is InChI=1S/C13H20N2O3/c1-9(2)7-12(16)15-5-6-18-8-11(15)13(17)14-10-3-4-10/h7,10-11H,3-6,8H2,1-2H3,(H,14,17). The molecule has 0 spiro atoms. The lowest BCUT2D eigenvalue weighted by molar-refractivity contribution is -0.145. The molecule has 0 radical (unpaired) electrons. The van der Waals surface area contributed by atoms with Crippen molar-refractivity contribution in [3.8, 4) is 0 Å². The lowest BCUT2D eigenvalue weighted by Gasteiger charge is -2.34. The van der Waals surface area contributed by atoms with Crippen LogP contribution in [0.15, 0.2) is 11.6 Å². The quantitative estimate of drug-likeness (QED) is 0.742. The normalized spacial score (nSPS) is 23.4. The molecule has 1 atom stereocenters. The molecule has 1 heterocycles. The Hall–Kier alpha value is -1.36. The molecule has 5 nitrogen and oxygen atoms in total. The number of hydrogen-bond acceptors (Lipinski definition) is 3. The van der Waals surface area contributed by atoms with E-state index >= 15 is 0 Å². The Bertz CT molecular complexity index is 370. The summed E-state index contributed by atoms with van der Waals surface area (Å²) >= 11 is 0. The van der Waals surface area contributed by atoms with Crippen LogP contribution in [0.5, 0.6) is 0 Å². The number of nitrogens with zero attached hydrogens (tertiary/aromatic N) is 1. The van der Waals surface area contributed by atoms with Gasteiger partial charge in [0.05, 0.1) is 13.2 Å². The van der Waals surface area contributed by atoms with Gasteiger partial charge in [0.1, 0.15) is 6.04 Å². The highest BCUT2D eigenvalue weighted by Crippen LogP contribution is 2.19. The molecule has 1 unspecified atom stereocenters. The molecule has 0 bridgehead atoms. The highest BCUT2D eigenvalue weighted by Gasteiger charge is 2.34. The Balaban J connectivity index is 2.02. The van der Waals surface area contributed by atoms with Gasteiger partial charge in [-0.3, -0.25) is 9.59 Å². The van der Waals surface area contributed by atoms with Crippen LogP contribution < -0.4 is 5.32 Å². The molecule has 0 aromatic carbocycles. The first-order chi connectivity index (χ1) is 8.58. The van der Waals surface area contributed by atoms with Crippen molar-refractivity contribution in [2.75, 3.05) is 19.8 Å². The Kier molecular flexibility index (Phi) is 4.01. The number of hydrogen-bond donors (Lipinski definition) is 1. The fraction of sp³-hybridized carbons (Fsp3) is 0.692. The summed E-state index contributed by atoms with van der Waals surface area (Å²) in [5.41, 5.74) is 0.938. The van der Waals surface area contributed by atoms with Gasteiger partial charge in [0.25, 0.3) is 0 Å². The second-order valence-electron chi connectivity index (χ2n) is 5.13. The minimum absolute atomic E-state index is 0.0901. The van der Waals surface area contributed by atoms with Gasteiger partial charge in [0.15, 0.2) is 0 Å². The van der Waals surface area contributed by atoms with Crippen molar-refractivity contribution in [2.45, 2.75) is 38.8 Å². The summed E-state index contributed by atoms with van der Waals surface area (Å²) in [6, 6.07) is -0.178. The number of carbonyl (C=O) groups is 2. The molecule has 0 aromatic heterocycles. The first-order valence-electron chi connectivity index (χ1n) is 6.41. The summed E-state index contributed by atoms with van der Waals surface area (Å²) in [5, 5.41) is 2.93. The summed E-state index contributed by atoms with van der Waals surface area (Å²) in [5.74, 6) is -0.193. The molecule has 100 valence electrons. The molecule has 0 aromatic rings. The van der Waals surface area contributed by atoms with Gasteiger partial charge >= 0.3 is 0 Å². The Morgan fingerprint density at radius 1 is 1.33 bits per heavy atom. The fourth-order valence-corrected chi connectivity index (χ4v) is 1.94. The summed E-state index contributed by atoms with van der Waals surface area (Å²) < 4.78 is 5.32. The lowest BCUT2D eigenvalue weighted by Crippen LogP contribution is -2.55. The zero-order chi connectivity index (χ0) is 13.1. The fourth-order valence-electron chi connectivity index (χ4n) is 1.94. The van der Waals surface area contributed by atoms with E-state index in [-0.39, 0.29) is 11.8 Å². The smallest absolute Gasteiger partial charge is 0.247 e. The van der Waals surface area contributed by atoms with Gasteiger partial charge in [-0.25, -0.2) is 0 Å². The van der Waals surface area contributed by atoms with Crippen molar-refractivity contribution >= 4 is 11.8 Å². The maximum absolute atomic E-state index is 12.0. The molecule has 2 rings (SSSR count). The summed E-state index contributed by atoms with van der Waals surface area (Å²) in [7, 11) is 0. The van der Waals surface area contributed by atoms with Crippen LogP contribution in [0.3, 0.4) is 0 Å². The molecular weight excluding hydrogens is 232 g/mol. The molecule has 1 N–H and O–H groups in total. The maximum atomic E-state index is 12.0. The lowest BCUT2D eigenvalue weighted by atomic mass is 10.2. The number of nitrogens with one attached hydrogen (secondary N) is 1. The van der Waals surface area contributed by atoms with Crippen molar-refractivity contribution in [2.24, 2.45) is 0 Å². The average molecular weight is 252 g/mol. The van der Waals surface area contributed by atoms with E-state index in [0.29, 0.717) is 25.8 Å². The van der Waals surface area contributed by atoms with Crippen LogP contribution in [0, 0.1) is 0 Å². The summed E-state index contributed by atoms with van der Waals surface area (Å²) in [6.45, 7) is 5.01. The van der Waals surface area contributed by atoms with Crippen LogP contribution in [0.4, 0.5) is 0 Å². The van der Waals surface area contributed by atoms with E-state index in [9.17, 15) is 9.59 Å². The number of morpholine rings is 1. The van der Waals surface area contributed by atoms with Gasteiger partial charge in [-0.2, -0.15) is 0 Å². The van der Waals surface area contributed by atoms with E-state index < -0.39 is 6.04 Å². The third-order valence-electron chi connectivity index (χ3n) is 3.05.